The molecule has 0 aromatic heterocycles. The van der Waals surface area contributed by atoms with E-state index in [1.807, 2.05) is 133 Å². The Labute approximate surface area is 406 Å². The van der Waals surface area contributed by atoms with Crippen molar-refractivity contribution in [1.82, 2.24) is 10.6 Å². The normalized spacial score (nSPS) is 13.1. The molecule has 0 heterocycles. The molecule has 8 aromatic carbocycles. The molecule has 0 saturated heterocycles. The first-order valence-electron chi connectivity index (χ1n) is 22.7. The number of hydrogen-bond acceptors (Lipinski definition) is 6. The largest absolute Gasteiger partial charge is 0.449 e. The number of carbonyl (C=O) groups is 3. The number of ether oxygens (including phenoxy) is 1. The SMILES string of the molecule is NC(=O)[C@H](CSC(c1ccccc1)(c1ccccc1)c1ccccc1)NC(=O)[C@H](CSC(c1ccccc1)(c1ccccc1)c1ccccc1)NC(=O)OCC1c2ccccc2-c2ccccc21. The number of nitrogens with two attached hydrogens (primary N) is 1. The summed E-state index contributed by atoms with van der Waals surface area (Å²) in [6.07, 6.45) is -0.751. The maximum Gasteiger partial charge on any atom is 0.407 e. The summed E-state index contributed by atoms with van der Waals surface area (Å²) in [6.45, 7) is 0.0599. The highest BCUT2D eigenvalue weighted by Crippen LogP contribution is 2.50. The van der Waals surface area contributed by atoms with E-state index in [0.29, 0.717) is 0 Å². The van der Waals surface area contributed by atoms with Gasteiger partial charge in [-0.1, -0.05) is 231 Å². The second kappa shape index (κ2) is 21.1. The summed E-state index contributed by atoms with van der Waals surface area (Å²) >= 11 is 3.04. The zero-order valence-corrected chi connectivity index (χ0v) is 39.0. The highest BCUT2D eigenvalue weighted by atomic mass is 32.2. The fraction of sp³-hybridized carbons (Fsp3) is 0.136. The molecule has 0 unspecified atom stereocenters. The maximum absolute atomic E-state index is 15.0. The van der Waals surface area contributed by atoms with E-state index in [4.69, 9.17) is 10.5 Å². The van der Waals surface area contributed by atoms with E-state index in [9.17, 15) is 9.59 Å². The van der Waals surface area contributed by atoms with Gasteiger partial charge in [-0.15, -0.1) is 23.5 Å². The molecular formula is C59H51N3O4S2. The molecule has 3 amide bonds. The fourth-order valence-corrected chi connectivity index (χ4v) is 12.5. The van der Waals surface area contributed by atoms with Crippen molar-refractivity contribution in [3.63, 3.8) is 0 Å². The Morgan fingerprint density at radius 1 is 0.441 bits per heavy atom. The topological polar surface area (TPSA) is 111 Å². The average Bonchev–Trinajstić information content (AvgIpc) is 3.72. The summed E-state index contributed by atoms with van der Waals surface area (Å²) < 4.78 is 4.47. The summed E-state index contributed by atoms with van der Waals surface area (Å²) in [4.78, 5) is 42.8. The lowest BCUT2D eigenvalue weighted by atomic mass is 9.84. The Bertz CT molecular complexity index is 2710. The lowest BCUT2D eigenvalue weighted by molar-refractivity contribution is -0.127. The quantitative estimate of drug-likeness (QED) is 0.0739. The highest BCUT2D eigenvalue weighted by Gasteiger charge is 2.41. The summed E-state index contributed by atoms with van der Waals surface area (Å²) in [7, 11) is 0. The van der Waals surface area contributed by atoms with Gasteiger partial charge in [0.15, 0.2) is 0 Å². The van der Waals surface area contributed by atoms with Crippen molar-refractivity contribution < 1.29 is 19.1 Å². The molecule has 1 aliphatic carbocycles. The molecule has 7 nitrogen and oxygen atoms in total. The van der Waals surface area contributed by atoms with Crippen molar-refractivity contribution in [3.8, 4) is 11.1 Å². The molecule has 0 aliphatic heterocycles. The summed E-state index contributed by atoms with van der Waals surface area (Å²) in [6, 6.07) is 74.9. The minimum Gasteiger partial charge on any atom is -0.449 e. The van der Waals surface area contributed by atoms with Gasteiger partial charge in [0.25, 0.3) is 0 Å². The van der Waals surface area contributed by atoms with Crippen LogP contribution in [0, 0.1) is 0 Å². The van der Waals surface area contributed by atoms with E-state index < -0.39 is 39.5 Å². The number of alkyl carbamates (subject to hydrolysis) is 1. The maximum atomic E-state index is 15.0. The van der Waals surface area contributed by atoms with Gasteiger partial charge in [-0.3, -0.25) is 9.59 Å². The monoisotopic (exact) mass is 929 g/mol. The molecule has 9 heteroatoms. The van der Waals surface area contributed by atoms with Crippen LogP contribution < -0.4 is 16.4 Å². The van der Waals surface area contributed by atoms with Crippen LogP contribution >= 0.6 is 23.5 Å². The van der Waals surface area contributed by atoms with E-state index in [1.165, 1.54) is 23.5 Å². The number of nitrogens with one attached hydrogen (secondary N) is 2. The van der Waals surface area contributed by atoms with Gasteiger partial charge < -0.3 is 21.1 Å². The molecule has 0 spiro atoms. The number of hydrogen-bond donors (Lipinski definition) is 3. The van der Waals surface area contributed by atoms with Gasteiger partial charge >= 0.3 is 6.09 Å². The fourth-order valence-electron chi connectivity index (χ4n) is 9.39. The number of rotatable bonds is 18. The molecule has 1 aliphatic rings. The summed E-state index contributed by atoms with van der Waals surface area (Å²) in [5.41, 5.74) is 16.6. The number of amides is 3. The Hall–Kier alpha value is -7.33. The third kappa shape index (κ3) is 9.45. The number of primary amides is 1. The number of benzene rings is 8. The van der Waals surface area contributed by atoms with E-state index in [2.05, 4.69) is 108 Å². The van der Waals surface area contributed by atoms with Crippen LogP contribution in [0.3, 0.4) is 0 Å². The summed E-state index contributed by atoms with van der Waals surface area (Å²) in [5.74, 6) is -1.24. The number of carbonyl (C=O) groups excluding carboxylic acids is 3. The Morgan fingerprint density at radius 3 is 1.09 bits per heavy atom. The Morgan fingerprint density at radius 2 is 0.750 bits per heavy atom. The van der Waals surface area contributed by atoms with Crippen LogP contribution in [-0.4, -0.2) is 48.1 Å². The van der Waals surface area contributed by atoms with E-state index >= 15 is 4.79 Å². The van der Waals surface area contributed by atoms with Crippen molar-refractivity contribution in [2.45, 2.75) is 27.5 Å². The van der Waals surface area contributed by atoms with Crippen LogP contribution in [0.2, 0.25) is 0 Å². The molecule has 4 N–H and O–H groups in total. The van der Waals surface area contributed by atoms with Gasteiger partial charge in [0, 0.05) is 17.4 Å². The minimum atomic E-state index is -1.17. The predicted octanol–water partition coefficient (Wildman–Crippen LogP) is 11.3. The van der Waals surface area contributed by atoms with Crippen LogP contribution in [-0.2, 0) is 23.8 Å². The van der Waals surface area contributed by atoms with Gasteiger partial charge in [-0.05, 0) is 55.6 Å². The molecule has 0 saturated carbocycles. The molecule has 0 radical (unpaired) electrons. The second-order valence-electron chi connectivity index (χ2n) is 16.7. The van der Waals surface area contributed by atoms with Crippen LogP contribution in [0.25, 0.3) is 11.1 Å². The average molecular weight is 930 g/mol. The second-order valence-corrected chi connectivity index (χ2v) is 19.1. The highest BCUT2D eigenvalue weighted by molar-refractivity contribution is 8.01. The van der Waals surface area contributed by atoms with Crippen molar-refractivity contribution >= 4 is 41.4 Å². The molecule has 338 valence electrons. The van der Waals surface area contributed by atoms with Crippen molar-refractivity contribution in [3.05, 3.63) is 275 Å². The van der Waals surface area contributed by atoms with E-state index in [1.54, 1.807) is 0 Å². The number of fused-ring (bicyclic) bond motifs is 3. The first-order chi connectivity index (χ1) is 33.4. The zero-order valence-electron chi connectivity index (χ0n) is 37.3. The Balaban J connectivity index is 1.04. The molecule has 9 rings (SSSR count). The van der Waals surface area contributed by atoms with Crippen molar-refractivity contribution in [2.24, 2.45) is 5.73 Å². The standard InChI is InChI=1S/C59H51N3O4S2/c60-55(63)53(40-67-58(42-23-7-1-8-24-42,43-25-9-2-10-26-43)44-27-11-3-12-28-44)61-56(64)54(62-57(65)66-39-52-50-37-21-19-35-48(50)49-36-20-22-38-51(49)52)41-68-59(45-29-13-4-14-30-45,46-31-15-5-16-32-46)47-33-17-6-18-34-47/h1-38,52-54H,39-41H2,(H2,60,63)(H,61,64)(H,62,65)/t53-,54-/m0/s1. The first-order valence-corrected chi connectivity index (χ1v) is 24.7. The predicted molar refractivity (Wildman–Crippen MR) is 276 cm³/mol. The van der Waals surface area contributed by atoms with Gasteiger partial charge in [0.2, 0.25) is 11.8 Å². The lowest BCUT2D eigenvalue weighted by Gasteiger charge is -2.37. The van der Waals surface area contributed by atoms with Gasteiger partial charge in [-0.25, -0.2) is 4.79 Å². The molecule has 68 heavy (non-hydrogen) atoms. The number of thioether (sulfide) groups is 2. The summed E-state index contributed by atoms with van der Waals surface area (Å²) in [5, 5.41) is 5.97. The molecular weight excluding hydrogens is 879 g/mol. The van der Waals surface area contributed by atoms with E-state index in [0.717, 1.165) is 55.6 Å². The van der Waals surface area contributed by atoms with Crippen LogP contribution in [0.15, 0.2) is 231 Å². The van der Waals surface area contributed by atoms with Gasteiger partial charge in [0.05, 0.1) is 9.49 Å². The molecule has 8 aromatic rings. The zero-order chi connectivity index (χ0) is 46.8. The molecule has 0 fully saturated rings. The van der Waals surface area contributed by atoms with Crippen LogP contribution in [0.1, 0.15) is 50.4 Å². The Kier molecular flexibility index (Phi) is 14.2. The first kappa shape index (κ1) is 45.8. The minimum absolute atomic E-state index is 0.0599. The van der Waals surface area contributed by atoms with Gasteiger partial charge in [-0.2, -0.15) is 0 Å². The van der Waals surface area contributed by atoms with E-state index in [-0.39, 0.29) is 24.0 Å². The lowest BCUT2D eigenvalue weighted by Crippen LogP contribution is -2.55. The van der Waals surface area contributed by atoms with Crippen LogP contribution in [0.4, 0.5) is 4.79 Å². The molecule has 0 bridgehead atoms. The smallest absolute Gasteiger partial charge is 0.407 e. The van der Waals surface area contributed by atoms with Gasteiger partial charge in [0.1, 0.15) is 18.7 Å². The third-order valence-corrected chi connectivity index (χ3v) is 15.9. The van der Waals surface area contributed by atoms with Crippen molar-refractivity contribution in [2.75, 3.05) is 18.1 Å². The van der Waals surface area contributed by atoms with Crippen LogP contribution in [0.5, 0.6) is 0 Å². The third-order valence-electron chi connectivity index (χ3n) is 12.6. The molecule has 2 atom stereocenters. The van der Waals surface area contributed by atoms with Crippen molar-refractivity contribution in [1.29, 1.82) is 0 Å².